The molecule has 1 heterocycles. The minimum Gasteiger partial charge on any atom is -0.449 e. The van der Waals surface area contributed by atoms with Crippen molar-refractivity contribution in [2.24, 2.45) is 0 Å². The molecule has 1 unspecified atom stereocenters. The highest BCUT2D eigenvalue weighted by Crippen LogP contribution is 2.39. The first-order valence-corrected chi connectivity index (χ1v) is 6.40. The molecule has 1 aromatic rings. The van der Waals surface area contributed by atoms with Crippen molar-refractivity contribution in [2.45, 2.75) is 32.3 Å². The van der Waals surface area contributed by atoms with Crippen LogP contribution in [0.4, 0.5) is 10.5 Å². The summed E-state index contributed by atoms with van der Waals surface area (Å²) in [5, 5.41) is 10.2. The number of hydrogen-bond acceptors (Lipinski definition) is 3. The Morgan fingerprint density at radius 1 is 1.42 bits per heavy atom. The van der Waals surface area contributed by atoms with Gasteiger partial charge in [0.05, 0.1) is 17.9 Å². The van der Waals surface area contributed by atoms with Gasteiger partial charge in [0.2, 0.25) is 0 Å². The van der Waals surface area contributed by atoms with E-state index in [2.05, 4.69) is 0 Å². The van der Waals surface area contributed by atoms with E-state index in [4.69, 9.17) is 4.74 Å². The van der Waals surface area contributed by atoms with E-state index in [-0.39, 0.29) is 5.92 Å². The maximum Gasteiger partial charge on any atom is 0.418 e. The third kappa shape index (κ3) is 2.63. The molecule has 0 radical (unpaired) electrons. The summed E-state index contributed by atoms with van der Waals surface area (Å²) in [6, 6.07) is 7.55. The molecular weight excluding hydrogens is 242 g/mol. The summed E-state index contributed by atoms with van der Waals surface area (Å²) in [4.78, 5) is 13.4. The number of nitrogens with zero attached hydrogens (tertiary/aromatic N) is 1. The summed E-state index contributed by atoms with van der Waals surface area (Å²) in [6.45, 7) is 5.63. The molecule has 4 heteroatoms. The van der Waals surface area contributed by atoms with Gasteiger partial charge in [-0.25, -0.2) is 4.79 Å². The van der Waals surface area contributed by atoms with Crippen LogP contribution < -0.4 is 4.90 Å². The highest BCUT2D eigenvalue weighted by molar-refractivity contribution is 5.91. The van der Waals surface area contributed by atoms with Crippen LogP contribution in [0.1, 0.15) is 32.3 Å². The maximum absolute atomic E-state index is 11.9. The van der Waals surface area contributed by atoms with E-state index >= 15 is 0 Å². The van der Waals surface area contributed by atoms with Crippen LogP contribution in [0.5, 0.6) is 0 Å². The second-order valence-corrected chi connectivity index (χ2v) is 5.10. The quantitative estimate of drug-likeness (QED) is 0.890. The summed E-state index contributed by atoms with van der Waals surface area (Å²) < 4.78 is 5.03. The standard InChI is InChI=1S/C15H19NO3/c1-4-19-14(17)16-10-9-12(15(2,3)18)11-7-5-6-8-13(11)16/h5-10,12,18H,4H2,1-3H3. The fraction of sp³-hybridized carbons (Fsp3) is 0.400. The Labute approximate surface area is 113 Å². The Hall–Kier alpha value is -1.81. The van der Waals surface area contributed by atoms with Gasteiger partial charge in [0.15, 0.2) is 0 Å². The highest BCUT2D eigenvalue weighted by Gasteiger charge is 2.33. The molecule has 1 atom stereocenters. The van der Waals surface area contributed by atoms with Gasteiger partial charge in [-0.15, -0.1) is 0 Å². The number of amides is 1. The van der Waals surface area contributed by atoms with Gasteiger partial charge in [-0.1, -0.05) is 24.3 Å². The van der Waals surface area contributed by atoms with Crippen LogP contribution in [0.3, 0.4) is 0 Å². The van der Waals surface area contributed by atoms with Crippen molar-refractivity contribution in [3.8, 4) is 0 Å². The normalized spacial score (nSPS) is 18.1. The highest BCUT2D eigenvalue weighted by atomic mass is 16.6. The van der Waals surface area contributed by atoms with Crippen LogP contribution in [-0.2, 0) is 4.74 Å². The molecule has 0 spiro atoms. The fourth-order valence-electron chi connectivity index (χ4n) is 2.29. The van der Waals surface area contributed by atoms with Gasteiger partial charge in [0.25, 0.3) is 0 Å². The van der Waals surface area contributed by atoms with Gasteiger partial charge >= 0.3 is 6.09 Å². The van der Waals surface area contributed by atoms with E-state index in [1.807, 2.05) is 30.3 Å². The molecule has 0 fully saturated rings. The minimum atomic E-state index is -0.882. The average molecular weight is 261 g/mol. The Kier molecular flexibility index (Phi) is 3.62. The Balaban J connectivity index is 2.42. The number of anilines is 1. The van der Waals surface area contributed by atoms with Gasteiger partial charge in [-0.05, 0) is 32.4 Å². The molecule has 2 rings (SSSR count). The van der Waals surface area contributed by atoms with Gasteiger partial charge in [0.1, 0.15) is 0 Å². The summed E-state index contributed by atoms with van der Waals surface area (Å²) in [5.41, 5.74) is 0.800. The van der Waals surface area contributed by atoms with Crippen molar-refractivity contribution in [1.82, 2.24) is 0 Å². The van der Waals surface area contributed by atoms with Gasteiger partial charge in [-0.2, -0.15) is 0 Å². The Morgan fingerprint density at radius 2 is 2.11 bits per heavy atom. The monoisotopic (exact) mass is 261 g/mol. The van der Waals surface area contributed by atoms with Crippen LogP contribution in [0.15, 0.2) is 36.5 Å². The SMILES string of the molecule is CCOC(=O)N1C=CC(C(C)(C)O)c2ccccc21. The number of carbonyl (C=O) groups is 1. The molecule has 1 amide bonds. The van der Waals surface area contributed by atoms with Crippen LogP contribution in [0, 0.1) is 0 Å². The molecule has 1 aromatic carbocycles. The van der Waals surface area contributed by atoms with Crippen LogP contribution in [0.25, 0.3) is 0 Å². The van der Waals surface area contributed by atoms with Crippen molar-refractivity contribution >= 4 is 11.8 Å². The second-order valence-electron chi connectivity index (χ2n) is 5.10. The lowest BCUT2D eigenvalue weighted by molar-refractivity contribution is 0.0646. The van der Waals surface area contributed by atoms with Crippen molar-refractivity contribution < 1.29 is 14.6 Å². The summed E-state index contributed by atoms with van der Waals surface area (Å²) in [5.74, 6) is -0.144. The molecular formula is C15H19NO3. The predicted octanol–water partition coefficient (Wildman–Crippen LogP) is 3.03. The Morgan fingerprint density at radius 3 is 2.74 bits per heavy atom. The molecule has 0 aromatic heterocycles. The van der Waals surface area contributed by atoms with Gasteiger partial charge in [0, 0.05) is 12.1 Å². The lowest BCUT2D eigenvalue weighted by Crippen LogP contribution is -2.35. The summed E-state index contributed by atoms with van der Waals surface area (Å²) in [7, 11) is 0. The fourth-order valence-corrected chi connectivity index (χ4v) is 2.29. The number of fused-ring (bicyclic) bond motifs is 1. The molecule has 102 valence electrons. The maximum atomic E-state index is 11.9. The van der Waals surface area contributed by atoms with Crippen molar-refractivity contribution in [3.05, 3.63) is 42.1 Å². The number of ether oxygens (including phenoxy) is 1. The number of aliphatic hydroxyl groups is 1. The van der Waals surface area contributed by atoms with Crippen LogP contribution in [0.2, 0.25) is 0 Å². The van der Waals surface area contributed by atoms with E-state index < -0.39 is 11.7 Å². The first-order chi connectivity index (χ1) is 8.95. The predicted molar refractivity (Wildman–Crippen MR) is 74.1 cm³/mol. The van der Waals surface area contributed by atoms with Gasteiger partial charge in [-0.3, -0.25) is 4.90 Å². The van der Waals surface area contributed by atoms with Crippen LogP contribution >= 0.6 is 0 Å². The molecule has 1 N–H and O–H groups in total. The molecule has 0 saturated heterocycles. The smallest absolute Gasteiger partial charge is 0.418 e. The number of hydrogen-bond donors (Lipinski definition) is 1. The lowest BCUT2D eigenvalue weighted by atomic mass is 9.82. The zero-order chi connectivity index (χ0) is 14.0. The van der Waals surface area contributed by atoms with E-state index in [0.717, 1.165) is 11.3 Å². The van der Waals surface area contributed by atoms with Gasteiger partial charge < -0.3 is 9.84 Å². The number of para-hydroxylation sites is 1. The first kappa shape index (κ1) is 13.6. The molecule has 1 aliphatic heterocycles. The Bertz CT molecular complexity index is 502. The summed E-state index contributed by atoms with van der Waals surface area (Å²) in [6.07, 6.45) is 3.10. The molecule has 0 bridgehead atoms. The summed E-state index contributed by atoms with van der Waals surface area (Å²) >= 11 is 0. The van der Waals surface area contributed by atoms with Crippen molar-refractivity contribution in [3.63, 3.8) is 0 Å². The van der Waals surface area contributed by atoms with E-state index in [9.17, 15) is 9.90 Å². The number of rotatable bonds is 2. The van der Waals surface area contributed by atoms with Crippen molar-refractivity contribution in [2.75, 3.05) is 11.5 Å². The third-order valence-corrected chi connectivity index (χ3v) is 3.18. The minimum absolute atomic E-state index is 0.144. The third-order valence-electron chi connectivity index (χ3n) is 3.18. The van der Waals surface area contributed by atoms with E-state index in [1.165, 1.54) is 4.90 Å². The molecule has 4 nitrogen and oxygen atoms in total. The second kappa shape index (κ2) is 5.05. The molecule has 1 aliphatic rings. The average Bonchev–Trinajstić information content (AvgIpc) is 2.36. The zero-order valence-electron chi connectivity index (χ0n) is 11.5. The van der Waals surface area contributed by atoms with E-state index in [1.54, 1.807) is 27.0 Å². The topological polar surface area (TPSA) is 49.8 Å². The van der Waals surface area contributed by atoms with Crippen molar-refractivity contribution in [1.29, 1.82) is 0 Å². The molecule has 19 heavy (non-hydrogen) atoms. The number of benzene rings is 1. The lowest BCUT2D eigenvalue weighted by Gasteiger charge is -2.34. The molecule has 0 aliphatic carbocycles. The number of carbonyl (C=O) groups excluding carboxylic acids is 1. The first-order valence-electron chi connectivity index (χ1n) is 6.40. The zero-order valence-corrected chi connectivity index (χ0v) is 11.5. The largest absolute Gasteiger partial charge is 0.449 e. The molecule has 0 saturated carbocycles. The van der Waals surface area contributed by atoms with Crippen LogP contribution in [-0.4, -0.2) is 23.4 Å². The van der Waals surface area contributed by atoms with E-state index in [0.29, 0.717) is 6.61 Å².